The van der Waals surface area contributed by atoms with Crippen LogP contribution >= 0.6 is 11.6 Å². The Balaban J connectivity index is 2.32. The average Bonchev–Trinajstić information content (AvgIpc) is 2.31. The molecule has 2 aromatic rings. The first kappa shape index (κ1) is 11.7. The molecule has 0 N–H and O–H groups in total. The van der Waals surface area contributed by atoms with Gasteiger partial charge in [0.15, 0.2) is 6.29 Å². The SMILES string of the molecule is Cc1ccc(Oc2cccc(Cl)c2)c(C=O)c1. The van der Waals surface area contributed by atoms with Crippen LogP contribution in [0.5, 0.6) is 11.5 Å². The maximum absolute atomic E-state index is 10.9. The lowest BCUT2D eigenvalue weighted by molar-refractivity contribution is 0.112. The highest BCUT2D eigenvalue weighted by Gasteiger charge is 2.04. The van der Waals surface area contributed by atoms with E-state index in [0.29, 0.717) is 22.1 Å². The van der Waals surface area contributed by atoms with Crippen molar-refractivity contribution in [2.45, 2.75) is 6.92 Å². The lowest BCUT2D eigenvalue weighted by Gasteiger charge is -2.08. The summed E-state index contributed by atoms with van der Waals surface area (Å²) in [5, 5.41) is 0.599. The molecular formula is C14H11ClO2. The zero-order chi connectivity index (χ0) is 12.3. The molecule has 0 unspecified atom stereocenters. The van der Waals surface area contributed by atoms with E-state index in [1.807, 2.05) is 13.0 Å². The molecule has 0 aliphatic carbocycles. The molecule has 0 saturated carbocycles. The zero-order valence-corrected chi connectivity index (χ0v) is 10.1. The van der Waals surface area contributed by atoms with Crippen LogP contribution in [0.2, 0.25) is 5.02 Å². The van der Waals surface area contributed by atoms with Gasteiger partial charge in [-0.25, -0.2) is 0 Å². The molecule has 2 aromatic carbocycles. The van der Waals surface area contributed by atoms with Gasteiger partial charge in [-0.3, -0.25) is 4.79 Å². The van der Waals surface area contributed by atoms with Crippen molar-refractivity contribution in [3.63, 3.8) is 0 Å². The van der Waals surface area contributed by atoms with Crippen LogP contribution in [0.4, 0.5) is 0 Å². The van der Waals surface area contributed by atoms with Gasteiger partial charge in [-0.05, 0) is 37.3 Å². The summed E-state index contributed by atoms with van der Waals surface area (Å²) in [7, 11) is 0. The summed E-state index contributed by atoms with van der Waals surface area (Å²) in [6, 6.07) is 12.5. The van der Waals surface area contributed by atoms with E-state index in [9.17, 15) is 4.79 Å². The third-order valence-electron chi connectivity index (χ3n) is 2.32. The van der Waals surface area contributed by atoms with Crippen molar-refractivity contribution in [2.75, 3.05) is 0 Å². The molecule has 0 aliphatic rings. The Morgan fingerprint density at radius 2 is 2.00 bits per heavy atom. The molecule has 0 amide bonds. The van der Waals surface area contributed by atoms with E-state index in [1.165, 1.54) is 0 Å². The summed E-state index contributed by atoms with van der Waals surface area (Å²) in [4.78, 5) is 10.9. The minimum absolute atomic E-state index is 0.532. The second-order valence-electron chi connectivity index (χ2n) is 3.72. The maximum Gasteiger partial charge on any atom is 0.153 e. The highest BCUT2D eigenvalue weighted by Crippen LogP contribution is 2.26. The quantitative estimate of drug-likeness (QED) is 0.757. The molecule has 0 heterocycles. The van der Waals surface area contributed by atoms with Gasteiger partial charge in [0.1, 0.15) is 11.5 Å². The van der Waals surface area contributed by atoms with Crippen molar-refractivity contribution in [1.82, 2.24) is 0 Å². The van der Waals surface area contributed by atoms with Crippen LogP contribution in [0.1, 0.15) is 15.9 Å². The van der Waals surface area contributed by atoms with Crippen molar-refractivity contribution < 1.29 is 9.53 Å². The second-order valence-corrected chi connectivity index (χ2v) is 4.16. The van der Waals surface area contributed by atoms with Crippen molar-refractivity contribution in [2.24, 2.45) is 0 Å². The molecule has 86 valence electrons. The summed E-state index contributed by atoms with van der Waals surface area (Å²) in [6.45, 7) is 1.93. The van der Waals surface area contributed by atoms with Crippen molar-refractivity contribution >= 4 is 17.9 Å². The summed E-state index contributed by atoms with van der Waals surface area (Å²) in [5.41, 5.74) is 1.55. The van der Waals surface area contributed by atoms with Gasteiger partial charge in [0.25, 0.3) is 0 Å². The van der Waals surface area contributed by atoms with Gasteiger partial charge in [0.05, 0.1) is 5.56 Å². The van der Waals surface area contributed by atoms with E-state index >= 15 is 0 Å². The van der Waals surface area contributed by atoms with Gasteiger partial charge < -0.3 is 4.74 Å². The van der Waals surface area contributed by atoms with Gasteiger partial charge in [0.2, 0.25) is 0 Å². The Hall–Kier alpha value is -1.80. The van der Waals surface area contributed by atoms with E-state index in [0.717, 1.165) is 11.8 Å². The Kier molecular flexibility index (Phi) is 3.45. The number of aldehydes is 1. The minimum atomic E-state index is 0.532. The number of hydrogen-bond donors (Lipinski definition) is 0. The number of carbonyl (C=O) groups is 1. The molecule has 0 radical (unpaired) electrons. The maximum atomic E-state index is 10.9. The first-order valence-corrected chi connectivity index (χ1v) is 5.56. The monoisotopic (exact) mass is 246 g/mol. The molecule has 2 rings (SSSR count). The fourth-order valence-corrected chi connectivity index (χ4v) is 1.69. The Morgan fingerprint density at radius 3 is 2.71 bits per heavy atom. The van der Waals surface area contributed by atoms with Gasteiger partial charge >= 0.3 is 0 Å². The number of carbonyl (C=O) groups excluding carboxylic acids is 1. The fourth-order valence-electron chi connectivity index (χ4n) is 1.51. The standard InChI is InChI=1S/C14H11ClO2/c1-10-5-6-14(11(7-10)9-16)17-13-4-2-3-12(15)8-13/h2-9H,1H3. The van der Waals surface area contributed by atoms with E-state index in [1.54, 1.807) is 36.4 Å². The Morgan fingerprint density at radius 1 is 1.18 bits per heavy atom. The molecule has 0 saturated heterocycles. The first-order valence-electron chi connectivity index (χ1n) is 5.18. The third kappa shape index (κ3) is 2.86. The molecule has 0 aliphatic heterocycles. The van der Waals surface area contributed by atoms with Crippen LogP contribution in [0.3, 0.4) is 0 Å². The van der Waals surface area contributed by atoms with Crippen LogP contribution in [0.25, 0.3) is 0 Å². The van der Waals surface area contributed by atoms with Crippen LogP contribution < -0.4 is 4.74 Å². The molecule has 3 heteroatoms. The summed E-state index contributed by atoms with van der Waals surface area (Å²) >= 11 is 5.86. The fraction of sp³-hybridized carbons (Fsp3) is 0.0714. The van der Waals surface area contributed by atoms with Crippen LogP contribution in [-0.4, -0.2) is 6.29 Å². The Bertz CT molecular complexity index is 550. The van der Waals surface area contributed by atoms with Crippen LogP contribution in [0, 0.1) is 6.92 Å². The molecule has 0 bridgehead atoms. The van der Waals surface area contributed by atoms with Crippen molar-refractivity contribution in [1.29, 1.82) is 0 Å². The van der Waals surface area contributed by atoms with Crippen molar-refractivity contribution in [3.8, 4) is 11.5 Å². The highest BCUT2D eigenvalue weighted by atomic mass is 35.5. The number of aryl methyl sites for hydroxylation is 1. The minimum Gasteiger partial charge on any atom is -0.457 e. The normalized spacial score (nSPS) is 10.0. The van der Waals surface area contributed by atoms with Crippen molar-refractivity contribution in [3.05, 3.63) is 58.6 Å². The number of hydrogen-bond acceptors (Lipinski definition) is 2. The molecule has 0 atom stereocenters. The van der Waals surface area contributed by atoms with Crippen LogP contribution in [-0.2, 0) is 0 Å². The smallest absolute Gasteiger partial charge is 0.153 e. The average molecular weight is 247 g/mol. The van der Waals surface area contributed by atoms with E-state index in [2.05, 4.69) is 0 Å². The molecule has 0 aromatic heterocycles. The lowest BCUT2D eigenvalue weighted by Crippen LogP contribution is -1.91. The summed E-state index contributed by atoms with van der Waals surface area (Å²) in [6.07, 6.45) is 0.785. The van der Waals surface area contributed by atoms with Crippen LogP contribution in [0.15, 0.2) is 42.5 Å². The molecule has 0 spiro atoms. The number of ether oxygens (including phenoxy) is 1. The summed E-state index contributed by atoms with van der Waals surface area (Å²) < 4.78 is 5.62. The molecular weight excluding hydrogens is 236 g/mol. The number of halogens is 1. The zero-order valence-electron chi connectivity index (χ0n) is 9.31. The van der Waals surface area contributed by atoms with Gasteiger partial charge in [0, 0.05) is 5.02 Å². The largest absolute Gasteiger partial charge is 0.457 e. The van der Waals surface area contributed by atoms with E-state index < -0.39 is 0 Å². The van der Waals surface area contributed by atoms with Gasteiger partial charge in [-0.15, -0.1) is 0 Å². The molecule has 0 fully saturated rings. The highest BCUT2D eigenvalue weighted by molar-refractivity contribution is 6.30. The van der Waals surface area contributed by atoms with E-state index in [4.69, 9.17) is 16.3 Å². The van der Waals surface area contributed by atoms with E-state index in [-0.39, 0.29) is 0 Å². The number of benzene rings is 2. The predicted octanol–water partition coefficient (Wildman–Crippen LogP) is 4.25. The molecule has 2 nitrogen and oxygen atoms in total. The van der Waals surface area contributed by atoms with Gasteiger partial charge in [-0.2, -0.15) is 0 Å². The molecule has 17 heavy (non-hydrogen) atoms. The topological polar surface area (TPSA) is 26.3 Å². The first-order chi connectivity index (χ1) is 8.19. The predicted molar refractivity (Wildman–Crippen MR) is 68.1 cm³/mol. The van der Waals surface area contributed by atoms with Gasteiger partial charge in [-0.1, -0.05) is 29.3 Å². The third-order valence-corrected chi connectivity index (χ3v) is 2.55. The lowest BCUT2D eigenvalue weighted by atomic mass is 10.1. The summed E-state index contributed by atoms with van der Waals surface area (Å²) in [5.74, 6) is 1.15. The second kappa shape index (κ2) is 5.02. The Labute approximate surface area is 105 Å². The number of rotatable bonds is 3.